The summed E-state index contributed by atoms with van der Waals surface area (Å²) in [5, 5.41) is 7.92. The van der Waals surface area contributed by atoms with Gasteiger partial charge in [0.25, 0.3) is 5.89 Å². The van der Waals surface area contributed by atoms with E-state index in [1.165, 1.54) is 12.1 Å². The lowest BCUT2D eigenvalue weighted by Crippen LogP contribution is -2.11. The Labute approximate surface area is 125 Å². The third-order valence-electron chi connectivity index (χ3n) is 3.04. The van der Waals surface area contributed by atoms with Crippen molar-refractivity contribution in [3.05, 3.63) is 70.8 Å². The number of nitrogens with two attached hydrogens (primary N) is 1. The molecule has 1 heterocycles. The second-order valence-electron chi connectivity index (χ2n) is 4.43. The molecule has 106 valence electrons. The van der Waals surface area contributed by atoms with E-state index in [9.17, 15) is 4.39 Å². The molecular weight excluding hydrogens is 293 g/mol. The molecule has 1 aromatic heterocycles. The molecule has 0 spiro atoms. The molecule has 0 aliphatic heterocycles. The first-order chi connectivity index (χ1) is 10.2. The van der Waals surface area contributed by atoms with E-state index in [0.29, 0.717) is 0 Å². The van der Waals surface area contributed by atoms with Gasteiger partial charge < -0.3 is 10.2 Å². The van der Waals surface area contributed by atoms with Gasteiger partial charge in [-0.1, -0.05) is 48.0 Å². The first kappa shape index (κ1) is 13.7. The number of hydrogen-bond acceptors (Lipinski definition) is 4. The SMILES string of the molecule is NC(c1ccccc1)c1nnc(-c2c(F)cccc2Cl)o1. The lowest BCUT2D eigenvalue weighted by atomic mass is 10.1. The molecule has 0 aliphatic carbocycles. The highest BCUT2D eigenvalue weighted by Crippen LogP contribution is 2.30. The third-order valence-corrected chi connectivity index (χ3v) is 3.36. The Morgan fingerprint density at radius 3 is 2.52 bits per heavy atom. The highest BCUT2D eigenvalue weighted by molar-refractivity contribution is 6.33. The molecule has 4 nitrogen and oxygen atoms in total. The molecule has 0 amide bonds. The summed E-state index contributed by atoms with van der Waals surface area (Å²) < 4.78 is 19.3. The lowest BCUT2D eigenvalue weighted by molar-refractivity contribution is 0.481. The number of benzene rings is 2. The Morgan fingerprint density at radius 1 is 1.05 bits per heavy atom. The summed E-state index contributed by atoms with van der Waals surface area (Å²) in [5.41, 5.74) is 6.97. The lowest BCUT2D eigenvalue weighted by Gasteiger charge is -2.06. The standard InChI is InChI=1S/C15H11ClFN3O/c16-10-7-4-8-11(17)12(10)14-19-20-15(21-14)13(18)9-5-2-1-3-6-9/h1-8,13H,18H2. The van der Waals surface area contributed by atoms with Crippen LogP contribution in [0.2, 0.25) is 5.02 Å². The summed E-state index contributed by atoms with van der Waals surface area (Å²) in [6, 6.07) is 13.1. The van der Waals surface area contributed by atoms with Crippen molar-refractivity contribution >= 4 is 11.6 Å². The second kappa shape index (κ2) is 5.63. The molecule has 0 aliphatic rings. The normalized spacial score (nSPS) is 12.3. The Hall–Kier alpha value is -2.24. The molecule has 1 unspecified atom stereocenters. The van der Waals surface area contributed by atoms with E-state index in [2.05, 4.69) is 10.2 Å². The van der Waals surface area contributed by atoms with Crippen molar-refractivity contribution in [3.8, 4) is 11.5 Å². The van der Waals surface area contributed by atoms with E-state index < -0.39 is 11.9 Å². The minimum absolute atomic E-state index is 0.0134. The van der Waals surface area contributed by atoms with Crippen LogP contribution in [0.1, 0.15) is 17.5 Å². The molecule has 0 fully saturated rings. The van der Waals surface area contributed by atoms with Crippen LogP contribution in [0.15, 0.2) is 52.9 Å². The fraction of sp³-hybridized carbons (Fsp3) is 0.0667. The van der Waals surface area contributed by atoms with Crippen LogP contribution in [0.5, 0.6) is 0 Å². The fourth-order valence-electron chi connectivity index (χ4n) is 1.97. The summed E-state index contributed by atoms with van der Waals surface area (Å²) in [7, 11) is 0. The van der Waals surface area contributed by atoms with Crippen molar-refractivity contribution < 1.29 is 8.81 Å². The number of aromatic nitrogens is 2. The summed E-state index contributed by atoms with van der Waals surface area (Å²) in [6.45, 7) is 0. The largest absolute Gasteiger partial charge is 0.418 e. The van der Waals surface area contributed by atoms with Crippen molar-refractivity contribution in [1.29, 1.82) is 0 Å². The Bertz CT molecular complexity index is 740. The van der Waals surface area contributed by atoms with Crippen molar-refractivity contribution in [2.45, 2.75) is 6.04 Å². The quantitative estimate of drug-likeness (QED) is 0.803. The zero-order valence-electron chi connectivity index (χ0n) is 10.8. The highest BCUT2D eigenvalue weighted by atomic mass is 35.5. The smallest absolute Gasteiger partial charge is 0.252 e. The zero-order chi connectivity index (χ0) is 14.8. The van der Waals surface area contributed by atoms with Gasteiger partial charge in [-0.05, 0) is 17.7 Å². The fourth-order valence-corrected chi connectivity index (χ4v) is 2.21. The number of nitrogens with zero attached hydrogens (tertiary/aromatic N) is 2. The van der Waals surface area contributed by atoms with Crippen LogP contribution in [0.3, 0.4) is 0 Å². The van der Waals surface area contributed by atoms with Gasteiger partial charge in [-0.3, -0.25) is 0 Å². The molecule has 21 heavy (non-hydrogen) atoms. The van der Waals surface area contributed by atoms with E-state index in [0.717, 1.165) is 5.56 Å². The van der Waals surface area contributed by atoms with Gasteiger partial charge in [0.05, 0.1) is 10.6 Å². The van der Waals surface area contributed by atoms with E-state index >= 15 is 0 Å². The summed E-state index contributed by atoms with van der Waals surface area (Å²) >= 11 is 5.97. The van der Waals surface area contributed by atoms with Crippen LogP contribution in [0.4, 0.5) is 4.39 Å². The van der Waals surface area contributed by atoms with Crippen LogP contribution in [-0.4, -0.2) is 10.2 Å². The predicted molar refractivity (Wildman–Crippen MR) is 77.2 cm³/mol. The molecule has 2 N–H and O–H groups in total. The van der Waals surface area contributed by atoms with Gasteiger partial charge >= 0.3 is 0 Å². The minimum Gasteiger partial charge on any atom is -0.418 e. The molecule has 0 saturated carbocycles. The first-order valence-electron chi connectivity index (χ1n) is 6.25. The Balaban J connectivity index is 1.97. The number of halogens is 2. The van der Waals surface area contributed by atoms with E-state index in [1.54, 1.807) is 6.07 Å². The van der Waals surface area contributed by atoms with Gasteiger partial charge in [0.2, 0.25) is 5.89 Å². The second-order valence-corrected chi connectivity index (χ2v) is 4.84. The third kappa shape index (κ3) is 2.66. The molecule has 1 atom stereocenters. The van der Waals surface area contributed by atoms with Gasteiger partial charge in [0, 0.05) is 0 Å². The summed E-state index contributed by atoms with van der Waals surface area (Å²) in [5.74, 6) is -0.305. The molecular formula is C15H11ClFN3O. The van der Waals surface area contributed by atoms with E-state index in [1.807, 2.05) is 30.3 Å². The molecule has 3 rings (SSSR count). The van der Waals surface area contributed by atoms with Gasteiger partial charge in [0.1, 0.15) is 11.9 Å². The van der Waals surface area contributed by atoms with Crippen LogP contribution in [0.25, 0.3) is 11.5 Å². The molecule has 0 saturated heterocycles. The average molecular weight is 304 g/mol. The van der Waals surface area contributed by atoms with Gasteiger partial charge in [-0.25, -0.2) is 4.39 Å². The molecule has 0 radical (unpaired) electrons. The van der Waals surface area contributed by atoms with E-state index in [4.69, 9.17) is 21.8 Å². The first-order valence-corrected chi connectivity index (χ1v) is 6.63. The van der Waals surface area contributed by atoms with Crippen molar-refractivity contribution in [1.82, 2.24) is 10.2 Å². The van der Waals surface area contributed by atoms with Crippen molar-refractivity contribution in [3.63, 3.8) is 0 Å². The summed E-state index contributed by atoms with van der Waals surface area (Å²) in [6.07, 6.45) is 0. The molecule has 6 heteroatoms. The van der Waals surface area contributed by atoms with Crippen LogP contribution in [-0.2, 0) is 0 Å². The average Bonchev–Trinajstić information content (AvgIpc) is 2.97. The highest BCUT2D eigenvalue weighted by Gasteiger charge is 2.20. The van der Waals surface area contributed by atoms with Crippen molar-refractivity contribution in [2.75, 3.05) is 0 Å². The Morgan fingerprint density at radius 2 is 1.81 bits per heavy atom. The summed E-state index contributed by atoms with van der Waals surface area (Å²) in [4.78, 5) is 0. The van der Waals surface area contributed by atoms with Crippen LogP contribution >= 0.6 is 11.6 Å². The maximum absolute atomic E-state index is 13.8. The van der Waals surface area contributed by atoms with E-state index in [-0.39, 0.29) is 22.4 Å². The maximum Gasteiger partial charge on any atom is 0.252 e. The van der Waals surface area contributed by atoms with Gasteiger partial charge in [-0.2, -0.15) is 0 Å². The monoisotopic (exact) mass is 303 g/mol. The predicted octanol–water partition coefficient (Wildman–Crippen LogP) is 3.58. The maximum atomic E-state index is 13.8. The van der Waals surface area contributed by atoms with Gasteiger partial charge in [0.15, 0.2) is 0 Å². The molecule has 0 bridgehead atoms. The minimum atomic E-state index is -0.571. The number of hydrogen-bond donors (Lipinski definition) is 1. The zero-order valence-corrected chi connectivity index (χ0v) is 11.6. The topological polar surface area (TPSA) is 64.9 Å². The molecule has 2 aromatic carbocycles. The van der Waals surface area contributed by atoms with Crippen LogP contribution in [0, 0.1) is 5.82 Å². The molecule has 3 aromatic rings. The Kier molecular flexibility index (Phi) is 3.68. The number of rotatable bonds is 3. The van der Waals surface area contributed by atoms with Gasteiger partial charge in [-0.15, -0.1) is 10.2 Å². The van der Waals surface area contributed by atoms with Crippen molar-refractivity contribution in [2.24, 2.45) is 5.73 Å². The van der Waals surface area contributed by atoms with Crippen LogP contribution < -0.4 is 5.73 Å².